The van der Waals surface area contributed by atoms with Gasteiger partial charge in [0.25, 0.3) is 6.43 Å². The molecule has 0 spiro atoms. The molecule has 0 bridgehead atoms. The van der Waals surface area contributed by atoms with E-state index >= 15 is 0 Å². The average molecular weight is 274 g/mol. The molecule has 0 N–H and O–H groups in total. The molecule has 1 heterocycles. The van der Waals surface area contributed by atoms with Gasteiger partial charge >= 0.3 is 0 Å². The lowest BCUT2D eigenvalue weighted by molar-refractivity contribution is 0.143. The summed E-state index contributed by atoms with van der Waals surface area (Å²) in [6.07, 6.45) is -2.82. The third kappa shape index (κ3) is 2.34. The Morgan fingerprint density at radius 1 is 1.54 bits per heavy atom. The van der Waals surface area contributed by atoms with Gasteiger partial charge in [-0.1, -0.05) is 15.9 Å². The lowest BCUT2D eigenvalue weighted by Gasteiger charge is -2.06. The van der Waals surface area contributed by atoms with Crippen LogP contribution in [0.1, 0.15) is 17.7 Å². The lowest BCUT2D eigenvalue weighted by atomic mass is 10.2. The van der Waals surface area contributed by atoms with E-state index < -0.39 is 18.1 Å². The van der Waals surface area contributed by atoms with Crippen molar-refractivity contribution in [2.24, 2.45) is 0 Å². The van der Waals surface area contributed by atoms with Crippen LogP contribution in [0.4, 0.5) is 13.2 Å². The van der Waals surface area contributed by atoms with Crippen molar-refractivity contribution in [1.82, 2.24) is 4.98 Å². The number of rotatable bonds is 2. The van der Waals surface area contributed by atoms with Crippen LogP contribution in [0.3, 0.4) is 0 Å². The van der Waals surface area contributed by atoms with Gasteiger partial charge in [-0.05, 0) is 0 Å². The van der Waals surface area contributed by atoms with Gasteiger partial charge in [0, 0.05) is 16.1 Å². The standard InChI is InChI=1S/C7H4BrClF3N/c8-4-1-5(10)13-6(7(11)12)3(4)2-9/h1,7H,2H2. The summed E-state index contributed by atoms with van der Waals surface area (Å²) < 4.78 is 37.3. The first-order chi connectivity index (χ1) is 6.06. The minimum Gasteiger partial charge on any atom is -0.218 e. The normalized spacial score (nSPS) is 10.9. The quantitative estimate of drug-likeness (QED) is 0.592. The molecule has 0 aromatic carbocycles. The molecule has 1 aromatic rings. The number of hydrogen-bond acceptors (Lipinski definition) is 1. The van der Waals surface area contributed by atoms with Crippen molar-refractivity contribution in [3.05, 3.63) is 27.7 Å². The van der Waals surface area contributed by atoms with Crippen molar-refractivity contribution in [2.45, 2.75) is 12.3 Å². The number of aromatic nitrogens is 1. The molecule has 6 heteroatoms. The maximum absolute atomic E-state index is 12.6. The number of halogens is 5. The van der Waals surface area contributed by atoms with Crippen molar-refractivity contribution in [1.29, 1.82) is 0 Å². The van der Waals surface area contributed by atoms with E-state index in [0.29, 0.717) is 0 Å². The van der Waals surface area contributed by atoms with Crippen molar-refractivity contribution in [3.63, 3.8) is 0 Å². The number of pyridine rings is 1. The Labute approximate surface area is 86.0 Å². The van der Waals surface area contributed by atoms with Gasteiger partial charge in [-0.3, -0.25) is 0 Å². The summed E-state index contributed by atoms with van der Waals surface area (Å²) in [5.74, 6) is -1.08. The van der Waals surface area contributed by atoms with E-state index in [1.165, 1.54) is 0 Å². The molecule has 0 amide bonds. The Bertz CT molecular complexity index is 319. The van der Waals surface area contributed by atoms with Crippen molar-refractivity contribution >= 4 is 27.5 Å². The van der Waals surface area contributed by atoms with Crippen LogP contribution in [0, 0.1) is 5.95 Å². The fourth-order valence-electron chi connectivity index (χ4n) is 0.842. The van der Waals surface area contributed by atoms with E-state index in [2.05, 4.69) is 20.9 Å². The van der Waals surface area contributed by atoms with E-state index in [9.17, 15) is 13.2 Å². The Morgan fingerprint density at radius 3 is 2.62 bits per heavy atom. The second-order valence-electron chi connectivity index (χ2n) is 2.22. The number of nitrogens with zero attached hydrogens (tertiary/aromatic N) is 1. The van der Waals surface area contributed by atoms with Crippen LogP contribution in [0.15, 0.2) is 10.5 Å². The Balaban J connectivity index is 3.29. The molecule has 13 heavy (non-hydrogen) atoms. The molecule has 1 aromatic heterocycles. The van der Waals surface area contributed by atoms with Crippen LogP contribution in [-0.4, -0.2) is 4.98 Å². The Hall–Kier alpha value is -0.290. The van der Waals surface area contributed by atoms with Gasteiger partial charge in [0.1, 0.15) is 5.69 Å². The average Bonchev–Trinajstić information content (AvgIpc) is 2.02. The highest BCUT2D eigenvalue weighted by atomic mass is 79.9. The zero-order valence-electron chi connectivity index (χ0n) is 6.20. The molecule has 0 aliphatic carbocycles. The van der Waals surface area contributed by atoms with Crippen LogP contribution in [0.2, 0.25) is 0 Å². The molecule has 0 aliphatic rings. The summed E-state index contributed by atoms with van der Waals surface area (Å²) in [5.41, 5.74) is -0.486. The maximum Gasteiger partial charge on any atom is 0.280 e. The largest absolute Gasteiger partial charge is 0.280 e. The SMILES string of the molecule is Fc1cc(Br)c(CCl)c(C(F)F)n1. The smallest absolute Gasteiger partial charge is 0.218 e. The topological polar surface area (TPSA) is 12.9 Å². The molecule has 1 nitrogen and oxygen atoms in total. The van der Waals surface area contributed by atoms with Gasteiger partial charge in [-0.25, -0.2) is 13.8 Å². The summed E-state index contributed by atoms with van der Waals surface area (Å²) in [7, 11) is 0. The predicted molar refractivity (Wildman–Crippen MR) is 46.4 cm³/mol. The van der Waals surface area contributed by atoms with Gasteiger partial charge in [0.2, 0.25) is 5.95 Å². The minimum absolute atomic E-state index is 0.123. The zero-order valence-corrected chi connectivity index (χ0v) is 8.54. The Morgan fingerprint density at radius 2 is 2.15 bits per heavy atom. The van der Waals surface area contributed by atoms with E-state index in [-0.39, 0.29) is 15.9 Å². The fourth-order valence-corrected chi connectivity index (χ4v) is 1.82. The van der Waals surface area contributed by atoms with E-state index in [4.69, 9.17) is 11.6 Å². The molecule has 0 saturated heterocycles. The lowest BCUT2D eigenvalue weighted by Crippen LogP contribution is -2.00. The summed E-state index contributed by atoms with van der Waals surface area (Å²) >= 11 is 8.34. The maximum atomic E-state index is 12.6. The summed E-state index contributed by atoms with van der Waals surface area (Å²) in [6, 6.07) is 1.00. The molecular formula is C7H4BrClF3N. The first kappa shape index (κ1) is 10.8. The monoisotopic (exact) mass is 273 g/mol. The Kier molecular flexibility index (Phi) is 3.55. The highest BCUT2D eigenvalue weighted by molar-refractivity contribution is 9.10. The highest BCUT2D eigenvalue weighted by Crippen LogP contribution is 2.28. The van der Waals surface area contributed by atoms with Crippen LogP contribution >= 0.6 is 27.5 Å². The molecule has 0 aliphatic heterocycles. The van der Waals surface area contributed by atoms with Gasteiger partial charge in [0.15, 0.2) is 0 Å². The second-order valence-corrected chi connectivity index (χ2v) is 3.35. The number of alkyl halides is 3. The fraction of sp³-hybridized carbons (Fsp3) is 0.286. The predicted octanol–water partition coefficient (Wildman–Crippen LogP) is 3.66. The van der Waals surface area contributed by atoms with Crippen LogP contribution < -0.4 is 0 Å². The van der Waals surface area contributed by atoms with Gasteiger partial charge < -0.3 is 0 Å². The first-order valence-electron chi connectivity index (χ1n) is 3.25. The van der Waals surface area contributed by atoms with Crippen LogP contribution in [-0.2, 0) is 5.88 Å². The third-order valence-electron chi connectivity index (χ3n) is 1.41. The molecule has 72 valence electrons. The van der Waals surface area contributed by atoms with Gasteiger partial charge in [0.05, 0.1) is 5.88 Å². The van der Waals surface area contributed by atoms with Crippen molar-refractivity contribution in [3.8, 4) is 0 Å². The summed E-state index contributed by atoms with van der Waals surface area (Å²) in [4.78, 5) is 3.07. The van der Waals surface area contributed by atoms with Crippen molar-refractivity contribution < 1.29 is 13.2 Å². The van der Waals surface area contributed by atoms with Gasteiger partial charge in [-0.15, -0.1) is 11.6 Å². The first-order valence-corrected chi connectivity index (χ1v) is 4.58. The molecule has 0 saturated carbocycles. The number of hydrogen-bond donors (Lipinski definition) is 0. The molecule has 0 atom stereocenters. The minimum atomic E-state index is -2.82. The second kappa shape index (κ2) is 4.28. The van der Waals surface area contributed by atoms with E-state index in [0.717, 1.165) is 6.07 Å². The molecular weight excluding hydrogens is 270 g/mol. The molecule has 1 rings (SSSR count). The van der Waals surface area contributed by atoms with E-state index in [1.807, 2.05) is 0 Å². The van der Waals surface area contributed by atoms with Crippen LogP contribution in [0.5, 0.6) is 0 Å². The van der Waals surface area contributed by atoms with E-state index in [1.54, 1.807) is 0 Å². The van der Waals surface area contributed by atoms with Crippen molar-refractivity contribution in [2.75, 3.05) is 0 Å². The summed E-state index contributed by atoms with van der Waals surface area (Å²) in [5, 5.41) is 0. The highest BCUT2D eigenvalue weighted by Gasteiger charge is 2.18. The molecule has 0 fully saturated rings. The zero-order chi connectivity index (χ0) is 10.0. The third-order valence-corrected chi connectivity index (χ3v) is 2.39. The molecule has 0 unspecified atom stereocenters. The molecule has 0 radical (unpaired) electrons. The van der Waals surface area contributed by atoms with Gasteiger partial charge in [-0.2, -0.15) is 4.39 Å². The van der Waals surface area contributed by atoms with Crippen LogP contribution in [0.25, 0.3) is 0 Å². The summed E-state index contributed by atoms with van der Waals surface area (Å²) in [6.45, 7) is 0.